The predicted molar refractivity (Wildman–Crippen MR) is 125 cm³/mol. The standard InChI is InChI=1S/C25H17BClN3O/c27-25-16-23(29-18-30-25)15-24(20-13-11-19(17-28)12-14-20)31-26(21-7-3-1-4-8-21)22-9-5-2-6-10-22/h1-16,18H/b24-15+. The van der Waals surface area contributed by atoms with E-state index in [9.17, 15) is 0 Å². The van der Waals surface area contributed by atoms with Crippen LogP contribution < -0.4 is 10.9 Å². The first-order valence-electron chi connectivity index (χ1n) is 9.69. The Morgan fingerprint density at radius 2 is 1.48 bits per heavy atom. The zero-order chi connectivity index (χ0) is 21.5. The number of nitriles is 1. The van der Waals surface area contributed by atoms with E-state index in [0.717, 1.165) is 16.5 Å². The van der Waals surface area contributed by atoms with E-state index in [0.29, 0.717) is 22.2 Å². The van der Waals surface area contributed by atoms with Gasteiger partial charge in [0.2, 0.25) is 0 Å². The molecule has 4 aromatic rings. The Labute approximate surface area is 186 Å². The van der Waals surface area contributed by atoms with Crippen LogP contribution in [0.3, 0.4) is 0 Å². The Morgan fingerprint density at radius 3 is 2.03 bits per heavy atom. The van der Waals surface area contributed by atoms with Crippen molar-refractivity contribution in [2.45, 2.75) is 0 Å². The number of hydrogen-bond acceptors (Lipinski definition) is 4. The van der Waals surface area contributed by atoms with Gasteiger partial charge in [0.15, 0.2) is 0 Å². The molecule has 0 bridgehead atoms. The van der Waals surface area contributed by atoms with E-state index in [4.69, 9.17) is 21.5 Å². The van der Waals surface area contributed by atoms with E-state index in [-0.39, 0.29) is 6.92 Å². The molecule has 1 heterocycles. The van der Waals surface area contributed by atoms with Crippen molar-refractivity contribution in [2.75, 3.05) is 0 Å². The van der Waals surface area contributed by atoms with E-state index >= 15 is 0 Å². The SMILES string of the molecule is N#Cc1ccc(/C(=C\c2cc(Cl)ncn2)OB(c2ccccc2)c2ccccc2)cc1. The molecule has 0 spiro atoms. The third-order valence-electron chi connectivity index (χ3n) is 4.68. The van der Waals surface area contributed by atoms with Crippen LogP contribution >= 0.6 is 11.6 Å². The van der Waals surface area contributed by atoms with Gasteiger partial charge in [-0.15, -0.1) is 0 Å². The number of hydrogen-bond donors (Lipinski definition) is 0. The van der Waals surface area contributed by atoms with E-state index in [1.54, 1.807) is 18.2 Å². The summed E-state index contributed by atoms with van der Waals surface area (Å²) in [6.45, 7) is -0.332. The van der Waals surface area contributed by atoms with Gasteiger partial charge in [-0.25, -0.2) is 9.97 Å². The molecule has 1 aromatic heterocycles. The van der Waals surface area contributed by atoms with Gasteiger partial charge in [0.05, 0.1) is 17.3 Å². The van der Waals surface area contributed by atoms with Gasteiger partial charge in [-0.1, -0.05) is 84.4 Å². The van der Waals surface area contributed by atoms with Gasteiger partial charge < -0.3 is 4.65 Å². The second kappa shape index (κ2) is 9.75. The van der Waals surface area contributed by atoms with Gasteiger partial charge >= 0.3 is 6.92 Å². The lowest BCUT2D eigenvalue weighted by Crippen LogP contribution is -2.44. The molecular formula is C25H17BClN3O. The van der Waals surface area contributed by atoms with E-state index in [1.165, 1.54) is 6.33 Å². The maximum absolute atomic E-state index is 9.15. The van der Waals surface area contributed by atoms with Crippen LogP contribution in [0.5, 0.6) is 0 Å². The minimum Gasteiger partial charge on any atom is -0.551 e. The van der Waals surface area contributed by atoms with Crippen molar-refractivity contribution in [3.05, 3.63) is 119 Å². The van der Waals surface area contributed by atoms with Crippen molar-refractivity contribution >= 4 is 41.3 Å². The Hall–Kier alpha value is -3.88. The molecule has 3 aromatic carbocycles. The summed E-state index contributed by atoms with van der Waals surface area (Å²) in [5, 5.41) is 9.50. The van der Waals surface area contributed by atoms with Gasteiger partial charge in [0.1, 0.15) is 17.2 Å². The molecule has 0 aliphatic carbocycles. The van der Waals surface area contributed by atoms with E-state index < -0.39 is 0 Å². The van der Waals surface area contributed by atoms with Crippen LogP contribution in [-0.2, 0) is 4.65 Å². The van der Waals surface area contributed by atoms with Gasteiger partial charge in [0, 0.05) is 17.7 Å². The third-order valence-corrected chi connectivity index (χ3v) is 4.89. The van der Waals surface area contributed by atoms with Crippen LogP contribution in [0.1, 0.15) is 16.8 Å². The second-order valence-corrected chi connectivity index (χ2v) is 7.17. The summed E-state index contributed by atoms with van der Waals surface area (Å²) >= 11 is 6.05. The van der Waals surface area contributed by atoms with Crippen LogP contribution in [0.4, 0.5) is 0 Å². The molecule has 0 aliphatic heterocycles. The molecular weight excluding hydrogens is 405 g/mol. The van der Waals surface area contributed by atoms with Crippen LogP contribution in [0.15, 0.2) is 97.3 Å². The second-order valence-electron chi connectivity index (χ2n) is 6.78. The summed E-state index contributed by atoms with van der Waals surface area (Å²) in [4.78, 5) is 8.23. The molecule has 6 heteroatoms. The smallest absolute Gasteiger partial charge is 0.426 e. The molecule has 0 saturated heterocycles. The molecule has 4 nitrogen and oxygen atoms in total. The lowest BCUT2D eigenvalue weighted by molar-refractivity contribution is 0.551. The molecule has 0 saturated carbocycles. The van der Waals surface area contributed by atoms with Crippen molar-refractivity contribution in [3.8, 4) is 6.07 Å². The summed E-state index contributed by atoms with van der Waals surface area (Å²) in [6.07, 6.45) is 3.24. The van der Waals surface area contributed by atoms with Gasteiger partial charge in [0.25, 0.3) is 0 Å². The van der Waals surface area contributed by atoms with Crippen molar-refractivity contribution in [1.82, 2.24) is 9.97 Å². The molecule has 0 fully saturated rings. The molecule has 0 unspecified atom stereocenters. The van der Waals surface area contributed by atoms with Crippen molar-refractivity contribution in [3.63, 3.8) is 0 Å². The molecule has 0 aliphatic rings. The van der Waals surface area contributed by atoms with Crippen LogP contribution in [0.2, 0.25) is 5.15 Å². The summed E-state index contributed by atoms with van der Waals surface area (Å²) in [5.74, 6) is 0.608. The monoisotopic (exact) mass is 421 g/mol. The fourth-order valence-electron chi connectivity index (χ4n) is 3.17. The van der Waals surface area contributed by atoms with Crippen LogP contribution in [0, 0.1) is 11.3 Å². The van der Waals surface area contributed by atoms with Crippen molar-refractivity contribution < 1.29 is 4.65 Å². The minimum absolute atomic E-state index is 0.332. The van der Waals surface area contributed by atoms with Gasteiger partial charge in [-0.05, 0) is 23.1 Å². The summed E-state index contributed by atoms with van der Waals surface area (Å²) in [6, 6.07) is 31.1. The Morgan fingerprint density at radius 1 is 0.871 bits per heavy atom. The third kappa shape index (κ3) is 5.19. The zero-order valence-electron chi connectivity index (χ0n) is 16.5. The minimum atomic E-state index is -0.332. The molecule has 148 valence electrons. The Bertz CT molecular complexity index is 1180. The average molecular weight is 422 g/mol. The van der Waals surface area contributed by atoms with E-state index in [2.05, 4.69) is 16.0 Å². The van der Waals surface area contributed by atoms with Crippen LogP contribution in [0.25, 0.3) is 11.8 Å². The molecule has 0 atom stereocenters. The first kappa shape index (κ1) is 20.4. The highest BCUT2D eigenvalue weighted by atomic mass is 35.5. The normalized spacial score (nSPS) is 10.9. The Kier molecular flexibility index (Phi) is 6.42. The van der Waals surface area contributed by atoms with Gasteiger partial charge in [-0.2, -0.15) is 5.26 Å². The average Bonchev–Trinajstić information content (AvgIpc) is 2.83. The molecule has 4 rings (SSSR count). The largest absolute Gasteiger partial charge is 0.551 e. The van der Waals surface area contributed by atoms with Crippen LogP contribution in [-0.4, -0.2) is 16.9 Å². The quantitative estimate of drug-likeness (QED) is 0.264. The van der Waals surface area contributed by atoms with Gasteiger partial charge in [-0.3, -0.25) is 0 Å². The maximum atomic E-state index is 9.15. The van der Waals surface area contributed by atoms with E-state index in [1.807, 2.05) is 78.9 Å². The fraction of sp³-hybridized carbons (Fsp3) is 0. The topological polar surface area (TPSA) is 58.8 Å². The highest BCUT2D eigenvalue weighted by Gasteiger charge is 2.24. The molecule has 31 heavy (non-hydrogen) atoms. The molecule has 0 N–H and O–H groups in total. The fourth-order valence-corrected chi connectivity index (χ4v) is 3.32. The van der Waals surface area contributed by atoms with Crippen molar-refractivity contribution in [1.29, 1.82) is 5.26 Å². The lowest BCUT2D eigenvalue weighted by Gasteiger charge is -2.19. The number of aromatic nitrogens is 2. The number of halogens is 1. The summed E-state index contributed by atoms with van der Waals surface area (Å²) in [7, 11) is 0. The number of nitrogens with zero attached hydrogens (tertiary/aromatic N) is 3. The highest BCUT2D eigenvalue weighted by Crippen LogP contribution is 2.21. The summed E-state index contributed by atoms with van der Waals surface area (Å²) in [5.41, 5.74) is 4.07. The zero-order valence-corrected chi connectivity index (χ0v) is 17.3. The summed E-state index contributed by atoms with van der Waals surface area (Å²) < 4.78 is 6.60. The maximum Gasteiger partial charge on any atom is 0.426 e. The highest BCUT2D eigenvalue weighted by molar-refractivity contribution is 6.80. The number of benzene rings is 3. The lowest BCUT2D eigenvalue weighted by atomic mass is 9.55. The predicted octanol–water partition coefficient (Wildman–Crippen LogP) is 4.32. The Balaban J connectivity index is 1.80. The van der Waals surface area contributed by atoms with Crippen molar-refractivity contribution in [2.24, 2.45) is 0 Å². The molecule has 0 radical (unpaired) electrons. The first-order chi connectivity index (χ1) is 15.2. The molecule has 0 amide bonds. The first-order valence-corrected chi connectivity index (χ1v) is 10.1. The number of rotatable bonds is 6.